The van der Waals surface area contributed by atoms with Crippen LogP contribution in [0, 0.1) is 5.82 Å². The largest absolute Gasteiger partial charge is 0.463 e. The molecule has 5 nitrogen and oxygen atoms in total. The van der Waals surface area contributed by atoms with Crippen LogP contribution in [0.2, 0.25) is 0 Å². The molecule has 0 saturated heterocycles. The van der Waals surface area contributed by atoms with Crippen molar-refractivity contribution in [3.63, 3.8) is 0 Å². The van der Waals surface area contributed by atoms with E-state index in [4.69, 9.17) is 10.5 Å². The second kappa shape index (κ2) is 10.5. The number of nitrogens with two attached hydrogens (primary N) is 1. The normalized spacial score (nSPS) is 13.7. The maximum atomic E-state index is 13.2. The predicted octanol–water partition coefficient (Wildman–Crippen LogP) is 3.08. The summed E-state index contributed by atoms with van der Waals surface area (Å²) in [5, 5.41) is 3.28. The molecule has 0 amide bonds. The van der Waals surface area contributed by atoms with Gasteiger partial charge in [-0.1, -0.05) is 19.1 Å². The maximum Gasteiger partial charge on any atom is 0.335 e. The summed E-state index contributed by atoms with van der Waals surface area (Å²) < 4.78 is 18.3. The highest BCUT2D eigenvalue weighted by Gasteiger charge is 2.22. The fourth-order valence-corrected chi connectivity index (χ4v) is 2.25. The third-order valence-electron chi connectivity index (χ3n) is 3.33. The first-order valence-electron chi connectivity index (χ1n) is 8.17. The highest BCUT2D eigenvalue weighted by atomic mass is 19.1. The van der Waals surface area contributed by atoms with E-state index in [1.165, 1.54) is 12.1 Å². The fraction of sp³-hybridized carbons (Fsp3) is 0.444. The van der Waals surface area contributed by atoms with Crippen LogP contribution >= 0.6 is 0 Å². The summed E-state index contributed by atoms with van der Waals surface area (Å²) in [4.78, 5) is 16.3. The lowest BCUT2D eigenvalue weighted by Crippen LogP contribution is -2.38. The number of allylic oxidation sites excluding steroid dienone is 1. The Hall–Kier alpha value is -2.21. The molecule has 0 saturated carbocycles. The smallest absolute Gasteiger partial charge is 0.335 e. The van der Waals surface area contributed by atoms with Crippen molar-refractivity contribution >= 4 is 17.5 Å². The molecule has 0 aromatic heterocycles. The van der Waals surface area contributed by atoms with E-state index in [-0.39, 0.29) is 17.8 Å². The van der Waals surface area contributed by atoms with E-state index in [1.54, 1.807) is 32.1 Å². The summed E-state index contributed by atoms with van der Waals surface area (Å²) in [5.41, 5.74) is 6.96. The van der Waals surface area contributed by atoms with Crippen molar-refractivity contribution in [2.24, 2.45) is 10.7 Å². The zero-order valence-corrected chi connectivity index (χ0v) is 14.5. The number of aliphatic imine (C=N–C) groups is 1. The van der Waals surface area contributed by atoms with Crippen molar-refractivity contribution in [2.45, 2.75) is 39.7 Å². The van der Waals surface area contributed by atoms with E-state index in [0.717, 1.165) is 13.0 Å². The topological polar surface area (TPSA) is 76.7 Å². The van der Waals surface area contributed by atoms with Crippen molar-refractivity contribution in [3.8, 4) is 0 Å². The van der Waals surface area contributed by atoms with Gasteiger partial charge in [0.15, 0.2) is 0 Å². The van der Waals surface area contributed by atoms with Gasteiger partial charge in [0.2, 0.25) is 0 Å². The number of benzene rings is 1. The molecular weight excluding hydrogens is 309 g/mol. The summed E-state index contributed by atoms with van der Waals surface area (Å²) in [6.07, 6.45) is 2.97. The van der Waals surface area contributed by atoms with Crippen LogP contribution < -0.4 is 11.1 Å². The molecule has 1 unspecified atom stereocenters. The van der Waals surface area contributed by atoms with Crippen LogP contribution in [-0.2, 0) is 9.53 Å². The quantitative estimate of drug-likeness (QED) is 0.315. The van der Waals surface area contributed by atoms with Crippen LogP contribution in [0.25, 0.3) is 0 Å². The fourth-order valence-electron chi connectivity index (χ4n) is 2.25. The standard InChI is InChI=1S/C18H26FN3O2/c1-4-10-21-16(15(5-2)18(23)24-6-3)12-17(20)22-14-9-7-8-13(19)11-14/h5,7-9,11,16,21H,4,6,10,12H2,1-3H3,(H2,20,22)/b15-5+. The van der Waals surface area contributed by atoms with Gasteiger partial charge in [-0.05, 0) is 45.0 Å². The Labute approximate surface area is 142 Å². The Morgan fingerprint density at radius 1 is 1.46 bits per heavy atom. The minimum Gasteiger partial charge on any atom is -0.463 e. The SMILES string of the molecule is C/C=C(/C(=O)OCC)C(CC(N)=Nc1cccc(F)c1)NCCC. The number of esters is 1. The number of nitrogens with zero attached hydrogens (tertiary/aromatic N) is 1. The van der Waals surface area contributed by atoms with Gasteiger partial charge in [-0.2, -0.15) is 0 Å². The number of amidine groups is 1. The Morgan fingerprint density at radius 2 is 2.21 bits per heavy atom. The van der Waals surface area contributed by atoms with E-state index >= 15 is 0 Å². The molecule has 1 aromatic rings. The van der Waals surface area contributed by atoms with Crippen molar-refractivity contribution in [2.75, 3.05) is 13.2 Å². The number of nitrogens with one attached hydrogen (secondary N) is 1. The van der Waals surface area contributed by atoms with E-state index in [1.807, 2.05) is 6.92 Å². The van der Waals surface area contributed by atoms with Crippen LogP contribution in [0.4, 0.5) is 10.1 Å². The van der Waals surface area contributed by atoms with Crippen LogP contribution in [0.15, 0.2) is 40.9 Å². The van der Waals surface area contributed by atoms with Crippen molar-refractivity contribution in [1.82, 2.24) is 5.32 Å². The Kier molecular flexibility index (Phi) is 8.71. The van der Waals surface area contributed by atoms with Gasteiger partial charge in [-0.3, -0.25) is 0 Å². The zero-order valence-electron chi connectivity index (χ0n) is 14.5. The molecule has 6 heteroatoms. The van der Waals surface area contributed by atoms with Crippen LogP contribution in [0.1, 0.15) is 33.6 Å². The number of halogens is 1. The molecule has 1 aromatic carbocycles. The lowest BCUT2D eigenvalue weighted by molar-refractivity contribution is -0.138. The second-order valence-electron chi connectivity index (χ2n) is 5.26. The third kappa shape index (κ3) is 6.50. The molecule has 1 rings (SSSR count). The monoisotopic (exact) mass is 335 g/mol. The molecule has 0 fully saturated rings. The van der Waals surface area contributed by atoms with Crippen LogP contribution in [0.3, 0.4) is 0 Å². The second-order valence-corrected chi connectivity index (χ2v) is 5.26. The lowest BCUT2D eigenvalue weighted by atomic mass is 10.0. The van der Waals surface area contributed by atoms with Gasteiger partial charge in [0.05, 0.1) is 17.9 Å². The molecule has 0 radical (unpaired) electrons. The molecule has 0 aliphatic heterocycles. The van der Waals surface area contributed by atoms with E-state index < -0.39 is 0 Å². The summed E-state index contributed by atoms with van der Waals surface area (Å²) in [6.45, 7) is 6.62. The van der Waals surface area contributed by atoms with Crippen molar-refractivity contribution < 1.29 is 13.9 Å². The van der Waals surface area contributed by atoms with Gasteiger partial charge in [-0.15, -0.1) is 0 Å². The number of hydrogen-bond donors (Lipinski definition) is 2. The first-order valence-corrected chi connectivity index (χ1v) is 8.17. The zero-order chi connectivity index (χ0) is 17.9. The van der Waals surface area contributed by atoms with Gasteiger partial charge in [-0.25, -0.2) is 14.2 Å². The first-order chi connectivity index (χ1) is 11.5. The molecule has 3 N–H and O–H groups in total. The average molecular weight is 335 g/mol. The van der Waals surface area contributed by atoms with Crippen LogP contribution in [0.5, 0.6) is 0 Å². The molecule has 0 heterocycles. The molecule has 0 spiro atoms. The van der Waals surface area contributed by atoms with Gasteiger partial charge in [0.25, 0.3) is 0 Å². The Balaban J connectivity index is 2.93. The molecule has 24 heavy (non-hydrogen) atoms. The summed E-state index contributed by atoms with van der Waals surface area (Å²) in [7, 11) is 0. The average Bonchev–Trinajstić information content (AvgIpc) is 2.53. The van der Waals surface area contributed by atoms with Gasteiger partial charge in [0, 0.05) is 12.5 Å². The highest BCUT2D eigenvalue weighted by Crippen LogP contribution is 2.15. The first kappa shape index (κ1) is 19.8. The number of carbonyl (C=O) groups is 1. The number of hydrogen-bond acceptors (Lipinski definition) is 4. The number of ether oxygens (including phenoxy) is 1. The van der Waals surface area contributed by atoms with Gasteiger partial charge in [0.1, 0.15) is 11.7 Å². The van der Waals surface area contributed by atoms with Crippen molar-refractivity contribution in [3.05, 3.63) is 41.7 Å². The summed E-state index contributed by atoms with van der Waals surface area (Å²) in [6, 6.07) is 5.60. The van der Waals surface area contributed by atoms with Crippen molar-refractivity contribution in [1.29, 1.82) is 0 Å². The highest BCUT2D eigenvalue weighted by molar-refractivity contribution is 5.92. The molecule has 0 bridgehead atoms. The number of rotatable bonds is 9. The Bertz CT molecular complexity index is 600. The van der Waals surface area contributed by atoms with Gasteiger partial charge >= 0.3 is 5.97 Å². The minimum absolute atomic E-state index is 0.300. The predicted molar refractivity (Wildman–Crippen MR) is 94.8 cm³/mol. The van der Waals surface area contributed by atoms with E-state index in [0.29, 0.717) is 30.1 Å². The maximum absolute atomic E-state index is 13.2. The molecule has 0 aliphatic carbocycles. The van der Waals surface area contributed by atoms with E-state index in [9.17, 15) is 9.18 Å². The molecular formula is C18H26FN3O2. The molecule has 1 atom stereocenters. The molecule has 132 valence electrons. The summed E-state index contributed by atoms with van der Waals surface area (Å²) >= 11 is 0. The summed E-state index contributed by atoms with van der Waals surface area (Å²) in [5.74, 6) is -0.421. The third-order valence-corrected chi connectivity index (χ3v) is 3.33. The van der Waals surface area contributed by atoms with Crippen LogP contribution in [-0.4, -0.2) is 31.0 Å². The van der Waals surface area contributed by atoms with E-state index in [2.05, 4.69) is 10.3 Å². The number of carbonyl (C=O) groups excluding carboxylic acids is 1. The lowest BCUT2D eigenvalue weighted by Gasteiger charge is -2.20. The minimum atomic E-state index is -0.370. The van der Waals surface area contributed by atoms with Gasteiger partial charge < -0.3 is 15.8 Å². The Morgan fingerprint density at radius 3 is 2.79 bits per heavy atom. The molecule has 0 aliphatic rings.